The van der Waals surface area contributed by atoms with Crippen LogP contribution in [-0.2, 0) is 16.0 Å². The van der Waals surface area contributed by atoms with Crippen LogP contribution in [0.4, 0.5) is 11.4 Å². The van der Waals surface area contributed by atoms with Crippen LogP contribution in [0.15, 0.2) is 91.0 Å². The van der Waals surface area contributed by atoms with Crippen LogP contribution in [0.2, 0.25) is 0 Å². The van der Waals surface area contributed by atoms with E-state index in [1.165, 1.54) is 0 Å². The first-order valence-corrected chi connectivity index (χ1v) is 9.76. The lowest BCUT2D eigenvalue weighted by Gasteiger charge is -2.46. The van der Waals surface area contributed by atoms with Gasteiger partial charge in [-0.15, -0.1) is 0 Å². The van der Waals surface area contributed by atoms with E-state index in [9.17, 15) is 9.59 Å². The molecule has 2 amide bonds. The highest BCUT2D eigenvalue weighted by Crippen LogP contribution is 2.38. The minimum atomic E-state index is -0.756. The number of para-hydroxylation sites is 2. The average Bonchev–Trinajstić information content (AvgIpc) is 2.78. The molecule has 1 saturated heterocycles. The van der Waals surface area contributed by atoms with Gasteiger partial charge in [0.1, 0.15) is 12.1 Å². The van der Waals surface area contributed by atoms with E-state index in [1.54, 1.807) is 9.80 Å². The number of carbonyl (C=O) groups excluding carboxylic acids is 2. The van der Waals surface area contributed by atoms with Crippen LogP contribution in [0.1, 0.15) is 11.1 Å². The van der Waals surface area contributed by atoms with Gasteiger partial charge in [0.2, 0.25) is 11.8 Å². The van der Waals surface area contributed by atoms with Crippen LogP contribution in [0.3, 0.4) is 0 Å². The second kappa shape index (κ2) is 7.06. The number of amides is 2. The van der Waals surface area contributed by atoms with Gasteiger partial charge in [-0.2, -0.15) is 0 Å². The van der Waals surface area contributed by atoms with Crippen molar-refractivity contribution in [1.29, 1.82) is 0 Å². The molecule has 0 radical (unpaired) electrons. The Bertz CT molecular complexity index is 1090. The third-order valence-corrected chi connectivity index (χ3v) is 5.56. The zero-order valence-electron chi connectivity index (χ0n) is 15.8. The van der Waals surface area contributed by atoms with Crippen LogP contribution >= 0.6 is 0 Å². The first-order chi connectivity index (χ1) is 14.2. The summed E-state index contributed by atoms with van der Waals surface area (Å²) in [5.41, 5.74) is 3.60. The standard InChI is InChI=1S/C25H20N2O2/c28-24-21(17-18-9-3-1-4-10-18)25(29)27-22-14-8-7-11-19(22)15-16-23(27)26(24)20-12-5-2-6-13-20/h1-16,21,23H,17H2. The Hall–Kier alpha value is -3.66. The molecule has 4 nitrogen and oxygen atoms in total. The lowest BCUT2D eigenvalue weighted by Crippen LogP contribution is -2.64. The summed E-state index contributed by atoms with van der Waals surface area (Å²) in [4.78, 5) is 30.6. The highest BCUT2D eigenvalue weighted by molar-refractivity contribution is 6.18. The first-order valence-electron chi connectivity index (χ1n) is 9.76. The summed E-state index contributed by atoms with van der Waals surface area (Å²) >= 11 is 0. The van der Waals surface area contributed by atoms with E-state index in [2.05, 4.69) is 0 Å². The Labute approximate surface area is 169 Å². The van der Waals surface area contributed by atoms with Crippen molar-refractivity contribution in [3.05, 3.63) is 102 Å². The summed E-state index contributed by atoms with van der Waals surface area (Å²) in [6, 6.07) is 27.1. The summed E-state index contributed by atoms with van der Waals surface area (Å²) in [7, 11) is 0. The molecule has 29 heavy (non-hydrogen) atoms. The maximum Gasteiger partial charge on any atom is 0.241 e. The van der Waals surface area contributed by atoms with Crippen molar-refractivity contribution in [3.63, 3.8) is 0 Å². The fourth-order valence-electron chi connectivity index (χ4n) is 4.18. The number of carbonyl (C=O) groups is 2. The Balaban J connectivity index is 1.62. The number of hydrogen-bond acceptors (Lipinski definition) is 2. The molecule has 4 heteroatoms. The minimum absolute atomic E-state index is 0.146. The maximum absolute atomic E-state index is 13.6. The largest absolute Gasteiger partial charge is 0.287 e. The Morgan fingerprint density at radius 2 is 1.31 bits per heavy atom. The topological polar surface area (TPSA) is 40.6 Å². The normalized spacial score (nSPS) is 20.4. The fourth-order valence-corrected chi connectivity index (χ4v) is 4.18. The molecule has 0 saturated carbocycles. The molecule has 2 aliphatic heterocycles. The van der Waals surface area contributed by atoms with Gasteiger partial charge in [0.25, 0.3) is 0 Å². The van der Waals surface area contributed by atoms with Gasteiger partial charge in [0, 0.05) is 5.69 Å². The SMILES string of the molecule is O=C1C(Cc2ccccc2)C(=O)N2c3ccccc3C=CC2N1c1ccccc1. The fraction of sp³-hybridized carbons (Fsp3) is 0.120. The second-order valence-electron chi connectivity index (χ2n) is 7.33. The minimum Gasteiger partial charge on any atom is -0.287 e. The molecular weight excluding hydrogens is 360 g/mol. The van der Waals surface area contributed by atoms with Crippen LogP contribution in [0.5, 0.6) is 0 Å². The van der Waals surface area contributed by atoms with Crippen LogP contribution in [0, 0.1) is 5.92 Å². The molecule has 3 aromatic carbocycles. The van der Waals surface area contributed by atoms with Gasteiger partial charge in [-0.3, -0.25) is 19.4 Å². The molecular formula is C25H20N2O2. The number of anilines is 2. The van der Waals surface area contributed by atoms with Gasteiger partial charge >= 0.3 is 0 Å². The molecule has 1 fully saturated rings. The number of nitrogens with zero attached hydrogens (tertiary/aromatic N) is 2. The highest BCUT2D eigenvalue weighted by Gasteiger charge is 2.47. The number of rotatable bonds is 3. The zero-order valence-corrected chi connectivity index (χ0v) is 15.8. The molecule has 2 unspecified atom stereocenters. The van der Waals surface area contributed by atoms with E-state index in [0.717, 1.165) is 22.5 Å². The molecule has 3 aromatic rings. The number of fused-ring (bicyclic) bond motifs is 3. The first kappa shape index (κ1) is 17.4. The van der Waals surface area contributed by atoms with Crippen LogP contribution in [0.25, 0.3) is 6.08 Å². The third kappa shape index (κ3) is 2.93. The van der Waals surface area contributed by atoms with Gasteiger partial charge in [0.15, 0.2) is 0 Å². The summed E-state index contributed by atoms with van der Waals surface area (Å²) in [5, 5.41) is 0. The van der Waals surface area contributed by atoms with Gasteiger partial charge in [-0.25, -0.2) is 0 Å². The van der Waals surface area contributed by atoms with E-state index in [0.29, 0.717) is 6.42 Å². The Kier molecular flexibility index (Phi) is 4.24. The molecule has 2 atom stereocenters. The molecule has 0 bridgehead atoms. The second-order valence-corrected chi connectivity index (χ2v) is 7.33. The zero-order chi connectivity index (χ0) is 19.8. The Morgan fingerprint density at radius 1 is 0.690 bits per heavy atom. The van der Waals surface area contributed by atoms with E-state index < -0.39 is 12.1 Å². The predicted octanol–water partition coefficient (Wildman–Crippen LogP) is 4.28. The smallest absolute Gasteiger partial charge is 0.241 e. The molecule has 0 spiro atoms. The van der Waals surface area contributed by atoms with Crippen molar-refractivity contribution >= 4 is 29.3 Å². The molecule has 2 heterocycles. The lowest BCUT2D eigenvalue weighted by atomic mass is 9.91. The average molecular weight is 380 g/mol. The molecule has 5 rings (SSSR count). The maximum atomic E-state index is 13.6. The van der Waals surface area contributed by atoms with Crippen molar-refractivity contribution < 1.29 is 9.59 Å². The lowest BCUT2D eigenvalue weighted by molar-refractivity contribution is -0.135. The molecule has 2 aliphatic rings. The summed E-state index contributed by atoms with van der Waals surface area (Å²) in [6.07, 6.45) is 3.85. The third-order valence-electron chi connectivity index (χ3n) is 5.56. The van der Waals surface area contributed by atoms with Crippen molar-refractivity contribution in [3.8, 4) is 0 Å². The number of benzene rings is 3. The van der Waals surface area contributed by atoms with Crippen molar-refractivity contribution in [2.24, 2.45) is 5.92 Å². The summed E-state index contributed by atoms with van der Waals surface area (Å²) in [5.74, 6) is -1.06. The molecule has 0 aromatic heterocycles. The van der Waals surface area contributed by atoms with Crippen LogP contribution in [-0.4, -0.2) is 18.0 Å². The van der Waals surface area contributed by atoms with Crippen molar-refractivity contribution in [2.75, 3.05) is 9.80 Å². The molecule has 0 aliphatic carbocycles. The molecule has 0 N–H and O–H groups in total. The quantitative estimate of drug-likeness (QED) is 0.637. The highest BCUT2D eigenvalue weighted by atomic mass is 16.2. The van der Waals surface area contributed by atoms with E-state index >= 15 is 0 Å². The van der Waals surface area contributed by atoms with E-state index in [-0.39, 0.29) is 11.8 Å². The summed E-state index contributed by atoms with van der Waals surface area (Å²) in [6.45, 7) is 0. The van der Waals surface area contributed by atoms with E-state index in [4.69, 9.17) is 0 Å². The van der Waals surface area contributed by atoms with Gasteiger partial charge < -0.3 is 0 Å². The van der Waals surface area contributed by atoms with Gasteiger partial charge in [-0.05, 0) is 41.8 Å². The van der Waals surface area contributed by atoms with Crippen molar-refractivity contribution in [2.45, 2.75) is 12.6 Å². The van der Waals surface area contributed by atoms with Gasteiger partial charge in [0.05, 0.1) is 5.69 Å². The van der Waals surface area contributed by atoms with Crippen LogP contribution < -0.4 is 9.80 Å². The Morgan fingerprint density at radius 3 is 2.07 bits per heavy atom. The monoisotopic (exact) mass is 380 g/mol. The van der Waals surface area contributed by atoms with E-state index in [1.807, 2.05) is 97.1 Å². The predicted molar refractivity (Wildman–Crippen MR) is 114 cm³/mol. The van der Waals surface area contributed by atoms with Crippen molar-refractivity contribution in [1.82, 2.24) is 0 Å². The molecule has 142 valence electrons. The number of hydrogen-bond donors (Lipinski definition) is 0. The van der Waals surface area contributed by atoms with Gasteiger partial charge in [-0.1, -0.05) is 72.8 Å². The summed E-state index contributed by atoms with van der Waals surface area (Å²) < 4.78 is 0.